The monoisotopic (exact) mass is 277 g/mol. The van der Waals surface area contributed by atoms with Crippen molar-refractivity contribution in [3.63, 3.8) is 0 Å². The van der Waals surface area contributed by atoms with Crippen LogP contribution in [0.2, 0.25) is 0 Å². The van der Waals surface area contributed by atoms with E-state index in [1.54, 1.807) is 0 Å². The predicted molar refractivity (Wildman–Crippen MR) is 79.7 cm³/mol. The molecule has 0 saturated carbocycles. The lowest BCUT2D eigenvalue weighted by molar-refractivity contribution is 0.282. The van der Waals surface area contributed by atoms with Crippen LogP contribution in [0.25, 0.3) is 11.0 Å². The highest BCUT2D eigenvalue weighted by Crippen LogP contribution is 2.23. The van der Waals surface area contributed by atoms with Crippen LogP contribution in [0.15, 0.2) is 18.2 Å². The molecule has 3 nitrogen and oxygen atoms in total. The molecule has 1 saturated heterocycles. The molecule has 0 N–H and O–H groups in total. The molecule has 0 bridgehead atoms. The molecule has 1 aliphatic heterocycles. The van der Waals surface area contributed by atoms with Gasteiger partial charge in [0.05, 0.1) is 16.9 Å². The van der Waals surface area contributed by atoms with E-state index < -0.39 is 0 Å². The standard InChI is InChI=1S/C15H20ClN3/c1-11-5-6-14-13(8-11)17-15(9-16)19(14)10-12-4-3-7-18(12)2/h5-6,8,12H,3-4,7,9-10H2,1-2H3. The van der Waals surface area contributed by atoms with Crippen LogP contribution < -0.4 is 0 Å². The zero-order chi connectivity index (χ0) is 13.4. The first-order valence-electron chi connectivity index (χ1n) is 6.91. The zero-order valence-corrected chi connectivity index (χ0v) is 12.3. The fourth-order valence-corrected chi connectivity index (χ4v) is 3.22. The summed E-state index contributed by atoms with van der Waals surface area (Å²) in [5.41, 5.74) is 3.52. The number of hydrogen-bond acceptors (Lipinski definition) is 2. The molecule has 1 aromatic heterocycles. The van der Waals surface area contributed by atoms with E-state index in [9.17, 15) is 0 Å². The minimum atomic E-state index is 0.476. The van der Waals surface area contributed by atoms with E-state index in [4.69, 9.17) is 11.6 Å². The molecule has 1 unspecified atom stereocenters. The van der Waals surface area contributed by atoms with E-state index in [0.29, 0.717) is 11.9 Å². The Morgan fingerprint density at radius 1 is 1.42 bits per heavy atom. The van der Waals surface area contributed by atoms with Gasteiger partial charge in [-0.3, -0.25) is 0 Å². The van der Waals surface area contributed by atoms with E-state index in [1.807, 2.05) is 0 Å². The molecule has 1 fully saturated rings. The van der Waals surface area contributed by atoms with Crippen molar-refractivity contribution in [1.29, 1.82) is 0 Å². The second-order valence-electron chi connectivity index (χ2n) is 5.54. The van der Waals surface area contributed by atoms with Crippen LogP contribution >= 0.6 is 11.6 Å². The number of aryl methyl sites for hydroxylation is 1. The quantitative estimate of drug-likeness (QED) is 0.804. The Morgan fingerprint density at radius 3 is 2.95 bits per heavy atom. The molecule has 1 aliphatic rings. The van der Waals surface area contributed by atoms with Crippen molar-refractivity contribution in [2.24, 2.45) is 0 Å². The average Bonchev–Trinajstić information content (AvgIpc) is 2.94. The van der Waals surface area contributed by atoms with Gasteiger partial charge < -0.3 is 9.47 Å². The van der Waals surface area contributed by atoms with Crippen LogP contribution in [0, 0.1) is 6.92 Å². The lowest BCUT2D eigenvalue weighted by atomic mass is 10.2. The molecule has 4 heteroatoms. The number of aromatic nitrogens is 2. The summed E-state index contributed by atoms with van der Waals surface area (Å²) in [6, 6.07) is 7.07. The molecular weight excluding hydrogens is 258 g/mol. The van der Waals surface area contributed by atoms with Gasteiger partial charge in [-0.2, -0.15) is 0 Å². The Hall–Kier alpha value is -1.06. The third-order valence-corrected chi connectivity index (χ3v) is 4.41. The van der Waals surface area contributed by atoms with Gasteiger partial charge in [-0.05, 0) is 51.1 Å². The highest BCUT2D eigenvalue weighted by molar-refractivity contribution is 6.16. The Kier molecular flexibility index (Phi) is 3.50. The first-order chi connectivity index (χ1) is 9.19. The van der Waals surface area contributed by atoms with Gasteiger partial charge in [-0.15, -0.1) is 11.6 Å². The van der Waals surface area contributed by atoms with E-state index in [1.165, 1.54) is 30.5 Å². The maximum absolute atomic E-state index is 6.07. The highest BCUT2D eigenvalue weighted by Gasteiger charge is 2.23. The second-order valence-corrected chi connectivity index (χ2v) is 5.81. The predicted octanol–water partition coefficient (Wildman–Crippen LogP) is 3.18. The van der Waals surface area contributed by atoms with Crippen LogP contribution in [0.1, 0.15) is 24.2 Å². The summed E-state index contributed by atoms with van der Waals surface area (Å²) < 4.78 is 2.30. The van der Waals surface area contributed by atoms with Gasteiger partial charge in [0.25, 0.3) is 0 Å². The molecular formula is C15H20ClN3. The Morgan fingerprint density at radius 2 is 2.26 bits per heavy atom. The molecule has 1 atom stereocenters. The smallest absolute Gasteiger partial charge is 0.124 e. The van der Waals surface area contributed by atoms with E-state index in [-0.39, 0.29) is 0 Å². The first kappa shape index (κ1) is 12.9. The summed E-state index contributed by atoms with van der Waals surface area (Å²) in [6.45, 7) is 4.30. The van der Waals surface area contributed by atoms with Crippen molar-refractivity contribution in [3.05, 3.63) is 29.6 Å². The number of halogens is 1. The summed E-state index contributed by atoms with van der Waals surface area (Å²) in [5.74, 6) is 1.46. The number of hydrogen-bond donors (Lipinski definition) is 0. The van der Waals surface area contributed by atoms with Gasteiger partial charge >= 0.3 is 0 Å². The lowest BCUT2D eigenvalue weighted by Gasteiger charge is -2.21. The first-order valence-corrected chi connectivity index (χ1v) is 7.44. The number of likely N-dealkylation sites (N-methyl/N-ethyl adjacent to an activating group) is 1. The molecule has 2 heterocycles. The van der Waals surface area contributed by atoms with Crippen LogP contribution in [0.3, 0.4) is 0 Å². The van der Waals surface area contributed by atoms with Crippen molar-refractivity contribution in [2.45, 2.75) is 38.2 Å². The molecule has 0 radical (unpaired) electrons. The summed E-state index contributed by atoms with van der Waals surface area (Å²) in [4.78, 5) is 7.11. The van der Waals surface area contributed by atoms with Crippen LogP contribution in [-0.2, 0) is 12.4 Å². The maximum atomic E-state index is 6.07. The largest absolute Gasteiger partial charge is 0.325 e. The molecule has 3 rings (SSSR count). The van der Waals surface area contributed by atoms with Crippen molar-refractivity contribution in [1.82, 2.24) is 14.5 Å². The van der Waals surface area contributed by atoms with Crippen LogP contribution in [0.4, 0.5) is 0 Å². The maximum Gasteiger partial charge on any atom is 0.124 e. The van der Waals surface area contributed by atoms with Gasteiger partial charge in [-0.1, -0.05) is 6.07 Å². The highest BCUT2D eigenvalue weighted by atomic mass is 35.5. The van der Waals surface area contributed by atoms with Gasteiger partial charge in [0.2, 0.25) is 0 Å². The number of likely N-dealkylation sites (tertiary alicyclic amines) is 1. The zero-order valence-electron chi connectivity index (χ0n) is 11.6. The van der Waals surface area contributed by atoms with Gasteiger partial charge in [0.15, 0.2) is 0 Å². The summed E-state index contributed by atoms with van der Waals surface area (Å²) in [5, 5.41) is 0. The van der Waals surface area contributed by atoms with Crippen molar-refractivity contribution < 1.29 is 0 Å². The number of alkyl halides is 1. The van der Waals surface area contributed by atoms with Crippen molar-refractivity contribution >= 4 is 22.6 Å². The molecule has 102 valence electrons. The molecule has 1 aromatic carbocycles. The second kappa shape index (κ2) is 5.14. The van der Waals surface area contributed by atoms with Crippen molar-refractivity contribution in [3.8, 4) is 0 Å². The number of nitrogens with zero attached hydrogens (tertiary/aromatic N) is 3. The SMILES string of the molecule is Cc1ccc2c(c1)nc(CCl)n2CC1CCCN1C. The number of rotatable bonds is 3. The Labute approximate surface area is 119 Å². The van der Waals surface area contributed by atoms with Crippen LogP contribution in [0.5, 0.6) is 0 Å². The lowest BCUT2D eigenvalue weighted by Crippen LogP contribution is -2.29. The van der Waals surface area contributed by atoms with Crippen LogP contribution in [-0.4, -0.2) is 34.1 Å². The van der Waals surface area contributed by atoms with Crippen molar-refractivity contribution in [2.75, 3.05) is 13.6 Å². The topological polar surface area (TPSA) is 21.1 Å². The fourth-order valence-electron chi connectivity index (χ4n) is 3.02. The minimum absolute atomic E-state index is 0.476. The summed E-state index contributed by atoms with van der Waals surface area (Å²) >= 11 is 6.07. The van der Waals surface area contributed by atoms with E-state index >= 15 is 0 Å². The van der Waals surface area contributed by atoms with Gasteiger partial charge in [0, 0.05) is 12.6 Å². The average molecular weight is 278 g/mol. The normalized spacial score (nSPS) is 20.5. The Balaban J connectivity index is 2.00. The molecule has 19 heavy (non-hydrogen) atoms. The van der Waals surface area contributed by atoms with E-state index in [2.05, 4.69) is 46.6 Å². The summed E-state index contributed by atoms with van der Waals surface area (Å²) in [6.07, 6.45) is 2.56. The minimum Gasteiger partial charge on any atom is -0.325 e. The van der Waals surface area contributed by atoms with Gasteiger partial charge in [-0.25, -0.2) is 4.98 Å². The number of fused-ring (bicyclic) bond motifs is 1. The van der Waals surface area contributed by atoms with Gasteiger partial charge in [0.1, 0.15) is 5.82 Å². The van der Waals surface area contributed by atoms with E-state index in [0.717, 1.165) is 17.9 Å². The number of benzene rings is 1. The Bertz CT molecular complexity index is 590. The molecule has 2 aromatic rings. The summed E-state index contributed by atoms with van der Waals surface area (Å²) in [7, 11) is 2.21. The molecule has 0 spiro atoms. The fraction of sp³-hybridized carbons (Fsp3) is 0.533. The molecule has 0 amide bonds. The molecule has 0 aliphatic carbocycles. The number of imidazole rings is 1. The third-order valence-electron chi connectivity index (χ3n) is 4.17. The third kappa shape index (κ3) is 2.37.